The van der Waals surface area contributed by atoms with Gasteiger partial charge in [0.1, 0.15) is 5.69 Å². The van der Waals surface area contributed by atoms with Crippen molar-refractivity contribution in [3.05, 3.63) is 53.9 Å². The van der Waals surface area contributed by atoms with Crippen LogP contribution in [-0.2, 0) is 16.4 Å². The van der Waals surface area contributed by atoms with E-state index in [4.69, 9.17) is 5.14 Å². The summed E-state index contributed by atoms with van der Waals surface area (Å²) < 4.78 is 22.4. The number of nitrogens with two attached hydrogens (primary N) is 1. The maximum Gasteiger partial charge on any atom is 0.269 e. The number of aromatic nitrogens is 1. The smallest absolute Gasteiger partial charge is 0.269 e. The van der Waals surface area contributed by atoms with Crippen molar-refractivity contribution in [2.75, 3.05) is 11.9 Å². The molecule has 0 unspecified atom stereocenters. The molecule has 7 nitrogen and oxygen atoms in total. The highest BCUT2D eigenvalue weighted by Gasteiger charge is 2.09. The van der Waals surface area contributed by atoms with Gasteiger partial charge in [-0.05, 0) is 50.1 Å². The first-order valence-corrected chi connectivity index (χ1v) is 9.43. The molecule has 0 saturated heterocycles. The van der Waals surface area contributed by atoms with Crippen LogP contribution in [0.5, 0.6) is 0 Å². The summed E-state index contributed by atoms with van der Waals surface area (Å²) in [5, 5.41) is 11.1. The third-order valence-electron chi connectivity index (χ3n) is 3.40. The Balaban J connectivity index is 1.90. The molecular formula is C17H22N4O3S. The van der Waals surface area contributed by atoms with E-state index in [0.717, 1.165) is 11.3 Å². The van der Waals surface area contributed by atoms with Crippen molar-refractivity contribution >= 4 is 21.6 Å². The van der Waals surface area contributed by atoms with Gasteiger partial charge >= 0.3 is 0 Å². The topological polar surface area (TPSA) is 114 Å². The highest BCUT2D eigenvalue weighted by atomic mass is 32.2. The molecule has 134 valence electrons. The number of nitrogens with one attached hydrogen (secondary N) is 2. The zero-order valence-corrected chi connectivity index (χ0v) is 15.0. The van der Waals surface area contributed by atoms with Gasteiger partial charge < -0.3 is 10.6 Å². The molecule has 0 saturated carbocycles. The van der Waals surface area contributed by atoms with E-state index in [9.17, 15) is 13.2 Å². The summed E-state index contributed by atoms with van der Waals surface area (Å²) >= 11 is 0. The van der Waals surface area contributed by atoms with Crippen LogP contribution in [0.1, 0.15) is 29.9 Å². The van der Waals surface area contributed by atoms with E-state index in [-0.39, 0.29) is 16.8 Å². The van der Waals surface area contributed by atoms with Crippen LogP contribution in [0.2, 0.25) is 0 Å². The number of carbonyl (C=O) groups is 1. The zero-order chi connectivity index (χ0) is 18.4. The van der Waals surface area contributed by atoms with Gasteiger partial charge in [-0.25, -0.2) is 13.6 Å². The van der Waals surface area contributed by atoms with E-state index >= 15 is 0 Å². The van der Waals surface area contributed by atoms with Gasteiger partial charge in [-0.2, -0.15) is 0 Å². The number of pyridine rings is 1. The van der Waals surface area contributed by atoms with Crippen LogP contribution in [0.15, 0.2) is 47.5 Å². The number of sulfonamides is 1. The fraction of sp³-hybridized carbons (Fsp3) is 0.294. The summed E-state index contributed by atoms with van der Waals surface area (Å²) in [7, 11) is -3.69. The fourth-order valence-electron chi connectivity index (χ4n) is 2.23. The Kier molecular flexibility index (Phi) is 6.11. The van der Waals surface area contributed by atoms with Gasteiger partial charge in [0.15, 0.2) is 0 Å². The van der Waals surface area contributed by atoms with Crippen LogP contribution in [0.25, 0.3) is 0 Å². The van der Waals surface area contributed by atoms with Gasteiger partial charge in [0, 0.05) is 24.5 Å². The molecular weight excluding hydrogens is 340 g/mol. The van der Waals surface area contributed by atoms with Crippen LogP contribution in [0, 0.1) is 0 Å². The quantitative estimate of drug-likeness (QED) is 0.691. The Labute approximate surface area is 147 Å². The Hall–Kier alpha value is -2.45. The van der Waals surface area contributed by atoms with Crippen molar-refractivity contribution < 1.29 is 13.2 Å². The maximum absolute atomic E-state index is 12.2. The number of primary sulfonamides is 1. The second-order valence-corrected chi connectivity index (χ2v) is 7.49. The molecule has 1 heterocycles. The molecule has 0 radical (unpaired) electrons. The summed E-state index contributed by atoms with van der Waals surface area (Å²) in [5.41, 5.74) is 2.08. The number of hydrogen-bond donors (Lipinski definition) is 3. The molecule has 0 atom stereocenters. The molecule has 1 aromatic heterocycles. The second-order valence-electron chi connectivity index (χ2n) is 5.92. The lowest BCUT2D eigenvalue weighted by Crippen LogP contribution is -2.26. The monoisotopic (exact) mass is 362 g/mol. The van der Waals surface area contributed by atoms with E-state index < -0.39 is 10.0 Å². The van der Waals surface area contributed by atoms with E-state index in [2.05, 4.69) is 15.6 Å². The molecule has 0 fully saturated rings. The standard InChI is InChI=1S/C17H22N4O3S/c1-12(2)21-14-8-10-19-16(11-14)17(22)20-9-7-13-3-5-15(6-4-13)25(18,23)24/h3-6,8,10-12H,7,9H2,1-2H3,(H,19,21)(H,20,22)(H2,18,23,24). The van der Waals surface area contributed by atoms with Gasteiger partial charge in [0.05, 0.1) is 4.90 Å². The van der Waals surface area contributed by atoms with Crippen LogP contribution in [0.4, 0.5) is 5.69 Å². The SMILES string of the molecule is CC(C)Nc1ccnc(C(=O)NCCc2ccc(S(N)(=O)=O)cc2)c1. The third-order valence-corrected chi connectivity index (χ3v) is 4.33. The molecule has 1 amide bonds. The van der Waals surface area contributed by atoms with Crippen LogP contribution < -0.4 is 15.8 Å². The molecule has 2 aromatic rings. The normalized spacial score (nSPS) is 11.4. The predicted octanol–water partition coefficient (Wildman–Crippen LogP) is 1.52. The molecule has 0 aliphatic heterocycles. The Morgan fingerprint density at radius 2 is 1.88 bits per heavy atom. The lowest BCUT2D eigenvalue weighted by atomic mass is 10.1. The number of amides is 1. The first kappa shape index (κ1) is 18.9. The second kappa shape index (κ2) is 8.09. The number of hydrogen-bond acceptors (Lipinski definition) is 5. The van der Waals surface area contributed by atoms with E-state index in [1.165, 1.54) is 12.1 Å². The lowest BCUT2D eigenvalue weighted by Gasteiger charge is -2.11. The number of nitrogens with zero attached hydrogens (tertiary/aromatic N) is 1. The van der Waals surface area contributed by atoms with Gasteiger partial charge in [0.25, 0.3) is 5.91 Å². The van der Waals surface area contributed by atoms with E-state index in [0.29, 0.717) is 18.7 Å². The van der Waals surface area contributed by atoms with Crippen LogP contribution in [0.3, 0.4) is 0 Å². The fourth-order valence-corrected chi connectivity index (χ4v) is 2.75. The molecule has 8 heteroatoms. The highest BCUT2D eigenvalue weighted by Crippen LogP contribution is 2.10. The molecule has 1 aromatic carbocycles. The van der Waals surface area contributed by atoms with Crippen LogP contribution >= 0.6 is 0 Å². The highest BCUT2D eigenvalue weighted by molar-refractivity contribution is 7.89. The number of benzene rings is 1. The largest absolute Gasteiger partial charge is 0.383 e. The summed E-state index contributed by atoms with van der Waals surface area (Å²) in [6.07, 6.45) is 2.16. The summed E-state index contributed by atoms with van der Waals surface area (Å²) in [4.78, 5) is 16.3. The number of rotatable bonds is 7. The zero-order valence-electron chi connectivity index (χ0n) is 14.2. The van der Waals surface area contributed by atoms with Crippen molar-refractivity contribution in [1.29, 1.82) is 0 Å². The van der Waals surface area contributed by atoms with Crippen molar-refractivity contribution in [3.8, 4) is 0 Å². The molecule has 25 heavy (non-hydrogen) atoms. The van der Waals surface area contributed by atoms with Crippen molar-refractivity contribution in [1.82, 2.24) is 10.3 Å². The lowest BCUT2D eigenvalue weighted by molar-refractivity contribution is 0.0949. The number of carbonyl (C=O) groups excluding carboxylic acids is 1. The molecule has 0 aliphatic rings. The summed E-state index contributed by atoms with van der Waals surface area (Å²) in [6.45, 7) is 4.44. The van der Waals surface area contributed by atoms with Gasteiger partial charge in [0.2, 0.25) is 10.0 Å². The van der Waals surface area contributed by atoms with Gasteiger partial charge in [-0.15, -0.1) is 0 Å². The van der Waals surface area contributed by atoms with Crippen molar-refractivity contribution in [2.24, 2.45) is 5.14 Å². The van der Waals surface area contributed by atoms with Crippen molar-refractivity contribution in [3.63, 3.8) is 0 Å². The summed E-state index contributed by atoms with van der Waals surface area (Å²) in [5.74, 6) is -0.256. The molecule has 2 rings (SSSR count). The molecule has 0 bridgehead atoms. The minimum Gasteiger partial charge on any atom is -0.383 e. The minimum absolute atomic E-state index is 0.0685. The van der Waals surface area contributed by atoms with Crippen LogP contribution in [-0.4, -0.2) is 31.9 Å². The Bertz CT molecular complexity index is 833. The first-order valence-electron chi connectivity index (χ1n) is 7.88. The third kappa shape index (κ3) is 5.84. The Morgan fingerprint density at radius 1 is 1.20 bits per heavy atom. The van der Waals surface area contributed by atoms with E-state index in [1.807, 2.05) is 19.9 Å². The maximum atomic E-state index is 12.2. The van der Waals surface area contributed by atoms with E-state index in [1.54, 1.807) is 24.4 Å². The molecule has 0 spiro atoms. The van der Waals surface area contributed by atoms with Gasteiger partial charge in [-0.3, -0.25) is 9.78 Å². The molecule has 4 N–H and O–H groups in total. The average Bonchev–Trinajstić information content (AvgIpc) is 2.54. The molecule has 0 aliphatic carbocycles. The number of anilines is 1. The summed E-state index contributed by atoms with van der Waals surface area (Å²) in [6, 6.07) is 10.0. The Morgan fingerprint density at radius 3 is 2.48 bits per heavy atom. The van der Waals surface area contributed by atoms with Crippen molar-refractivity contribution in [2.45, 2.75) is 31.2 Å². The average molecular weight is 362 g/mol. The predicted molar refractivity (Wildman–Crippen MR) is 96.8 cm³/mol. The minimum atomic E-state index is -3.69. The first-order chi connectivity index (χ1) is 11.8. The van der Waals surface area contributed by atoms with Gasteiger partial charge in [-0.1, -0.05) is 12.1 Å².